The van der Waals surface area contributed by atoms with E-state index in [0.717, 1.165) is 12.8 Å². The van der Waals surface area contributed by atoms with E-state index in [1.54, 1.807) is 30.3 Å². The lowest BCUT2D eigenvalue weighted by molar-refractivity contribution is 0.0942. The van der Waals surface area contributed by atoms with Gasteiger partial charge in [-0.15, -0.1) is 6.58 Å². The van der Waals surface area contributed by atoms with E-state index in [0.29, 0.717) is 23.7 Å². The van der Waals surface area contributed by atoms with Gasteiger partial charge in [-0.2, -0.15) is 0 Å². The van der Waals surface area contributed by atoms with Crippen LogP contribution in [0.2, 0.25) is 0 Å². The Bertz CT molecular complexity index is 461. The molecule has 0 bridgehead atoms. The molecule has 1 saturated carbocycles. The van der Waals surface area contributed by atoms with Crippen molar-refractivity contribution in [1.29, 1.82) is 0 Å². The Morgan fingerprint density at radius 2 is 1.72 bits per heavy atom. The lowest BCUT2D eigenvalue weighted by Gasteiger charge is -2.05. The molecule has 4 nitrogen and oxygen atoms in total. The zero-order valence-corrected chi connectivity index (χ0v) is 10.1. The second kappa shape index (κ2) is 5.49. The molecule has 0 aromatic heterocycles. The van der Waals surface area contributed by atoms with Crippen LogP contribution in [0.1, 0.15) is 33.6 Å². The van der Waals surface area contributed by atoms with Crippen LogP contribution >= 0.6 is 0 Å². The lowest BCUT2D eigenvalue weighted by atomic mass is 10.1. The molecule has 94 valence electrons. The number of amides is 2. The summed E-state index contributed by atoms with van der Waals surface area (Å²) in [6.07, 6.45) is 3.75. The van der Waals surface area contributed by atoms with E-state index in [2.05, 4.69) is 17.2 Å². The average molecular weight is 244 g/mol. The highest BCUT2D eigenvalue weighted by molar-refractivity contribution is 5.98. The third-order valence-corrected chi connectivity index (χ3v) is 2.73. The highest BCUT2D eigenvalue weighted by Crippen LogP contribution is 2.19. The van der Waals surface area contributed by atoms with Crippen LogP contribution in [-0.4, -0.2) is 24.4 Å². The van der Waals surface area contributed by atoms with Crippen LogP contribution in [0.15, 0.2) is 36.9 Å². The Labute approximate surface area is 106 Å². The van der Waals surface area contributed by atoms with Crippen molar-refractivity contribution in [2.45, 2.75) is 18.9 Å². The molecule has 1 aromatic rings. The van der Waals surface area contributed by atoms with E-state index in [9.17, 15) is 9.59 Å². The van der Waals surface area contributed by atoms with Crippen LogP contribution in [0, 0.1) is 0 Å². The molecule has 2 rings (SSSR count). The molecular weight excluding hydrogens is 228 g/mol. The zero-order valence-electron chi connectivity index (χ0n) is 10.1. The van der Waals surface area contributed by atoms with Crippen LogP contribution in [-0.2, 0) is 0 Å². The SMILES string of the molecule is C=CCNC(=O)c1ccc(C(=O)NC2CC2)cc1. The van der Waals surface area contributed by atoms with Crippen LogP contribution in [0.3, 0.4) is 0 Å². The van der Waals surface area contributed by atoms with Gasteiger partial charge in [0.05, 0.1) is 0 Å². The van der Waals surface area contributed by atoms with Crippen molar-refractivity contribution in [3.8, 4) is 0 Å². The number of benzene rings is 1. The summed E-state index contributed by atoms with van der Waals surface area (Å²) in [5.74, 6) is -0.236. The van der Waals surface area contributed by atoms with Gasteiger partial charge in [-0.3, -0.25) is 9.59 Å². The highest BCUT2D eigenvalue weighted by Gasteiger charge is 2.23. The summed E-state index contributed by atoms with van der Waals surface area (Å²) in [4.78, 5) is 23.3. The maximum Gasteiger partial charge on any atom is 0.251 e. The third kappa shape index (κ3) is 3.20. The van der Waals surface area contributed by atoms with Crippen LogP contribution in [0.4, 0.5) is 0 Å². The van der Waals surface area contributed by atoms with E-state index in [-0.39, 0.29) is 11.8 Å². The van der Waals surface area contributed by atoms with Gasteiger partial charge in [0.1, 0.15) is 0 Å². The van der Waals surface area contributed by atoms with E-state index in [1.807, 2.05) is 0 Å². The molecule has 0 atom stereocenters. The summed E-state index contributed by atoms with van der Waals surface area (Å²) in [6.45, 7) is 3.96. The van der Waals surface area contributed by atoms with Gasteiger partial charge < -0.3 is 10.6 Å². The number of nitrogens with one attached hydrogen (secondary N) is 2. The van der Waals surface area contributed by atoms with Crippen LogP contribution < -0.4 is 10.6 Å². The third-order valence-electron chi connectivity index (χ3n) is 2.73. The first-order chi connectivity index (χ1) is 8.70. The van der Waals surface area contributed by atoms with E-state index in [4.69, 9.17) is 0 Å². The fourth-order valence-corrected chi connectivity index (χ4v) is 1.54. The fraction of sp³-hybridized carbons (Fsp3) is 0.286. The van der Waals surface area contributed by atoms with Crippen LogP contribution in [0.25, 0.3) is 0 Å². The van der Waals surface area contributed by atoms with Gasteiger partial charge >= 0.3 is 0 Å². The molecule has 1 aromatic carbocycles. The summed E-state index contributed by atoms with van der Waals surface area (Å²) in [5, 5.41) is 5.58. The number of hydrogen-bond donors (Lipinski definition) is 2. The Balaban J connectivity index is 1.97. The number of rotatable bonds is 5. The molecule has 2 N–H and O–H groups in total. The van der Waals surface area contributed by atoms with E-state index >= 15 is 0 Å². The minimum atomic E-state index is -0.163. The Morgan fingerprint density at radius 1 is 1.17 bits per heavy atom. The predicted molar refractivity (Wildman–Crippen MR) is 69.5 cm³/mol. The minimum absolute atomic E-state index is 0.0736. The first-order valence-corrected chi connectivity index (χ1v) is 6.00. The van der Waals surface area contributed by atoms with Crippen molar-refractivity contribution in [2.24, 2.45) is 0 Å². The smallest absolute Gasteiger partial charge is 0.251 e. The van der Waals surface area contributed by atoms with Gasteiger partial charge in [-0.1, -0.05) is 6.08 Å². The second-order valence-corrected chi connectivity index (χ2v) is 4.32. The average Bonchev–Trinajstić information content (AvgIpc) is 3.20. The van der Waals surface area contributed by atoms with Crippen molar-refractivity contribution in [3.05, 3.63) is 48.0 Å². The molecular formula is C14H16N2O2. The summed E-state index contributed by atoms with van der Waals surface area (Å²) >= 11 is 0. The summed E-state index contributed by atoms with van der Waals surface area (Å²) < 4.78 is 0. The molecule has 0 aliphatic heterocycles. The summed E-state index contributed by atoms with van der Waals surface area (Å²) in [6, 6.07) is 6.98. The molecule has 18 heavy (non-hydrogen) atoms. The molecule has 0 radical (unpaired) electrons. The Hall–Kier alpha value is -2.10. The maximum atomic E-state index is 11.7. The van der Waals surface area contributed by atoms with Crippen molar-refractivity contribution in [2.75, 3.05) is 6.54 Å². The maximum absolute atomic E-state index is 11.7. The normalized spacial score (nSPS) is 13.8. The summed E-state index contributed by atoms with van der Waals surface area (Å²) in [7, 11) is 0. The molecule has 0 unspecified atom stereocenters. The molecule has 0 spiro atoms. The van der Waals surface area contributed by atoms with E-state index in [1.165, 1.54) is 0 Å². The number of hydrogen-bond acceptors (Lipinski definition) is 2. The topological polar surface area (TPSA) is 58.2 Å². The minimum Gasteiger partial charge on any atom is -0.349 e. The fourth-order valence-electron chi connectivity index (χ4n) is 1.54. The number of carbonyl (C=O) groups excluding carboxylic acids is 2. The molecule has 2 amide bonds. The molecule has 0 saturated heterocycles. The first kappa shape index (κ1) is 12.4. The van der Waals surface area contributed by atoms with Crippen molar-refractivity contribution in [1.82, 2.24) is 10.6 Å². The first-order valence-electron chi connectivity index (χ1n) is 6.00. The van der Waals surface area contributed by atoms with Gasteiger partial charge in [-0.25, -0.2) is 0 Å². The zero-order chi connectivity index (χ0) is 13.0. The van der Waals surface area contributed by atoms with Gasteiger partial charge in [0.15, 0.2) is 0 Å². The molecule has 4 heteroatoms. The predicted octanol–water partition coefficient (Wildman–Crippen LogP) is 1.49. The standard InChI is InChI=1S/C14H16N2O2/c1-2-9-15-13(17)10-3-5-11(6-4-10)14(18)16-12-7-8-12/h2-6,12H,1,7-9H2,(H,15,17)(H,16,18). The van der Waals surface area contributed by atoms with Crippen molar-refractivity contribution >= 4 is 11.8 Å². The van der Waals surface area contributed by atoms with Gasteiger partial charge in [0.25, 0.3) is 11.8 Å². The van der Waals surface area contributed by atoms with E-state index < -0.39 is 0 Å². The van der Waals surface area contributed by atoms with Gasteiger partial charge in [0, 0.05) is 23.7 Å². The van der Waals surface area contributed by atoms with Crippen molar-refractivity contribution < 1.29 is 9.59 Å². The van der Waals surface area contributed by atoms with Crippen molar-refractivity contribution in [3.63, 3.8) is 0 Å². The monoisotopic (exact) mass is 244 g/mol. The largest absolute Gasteiger partial charge is 0.349 e. The molecule has 0 heterocycles. The van der Waals surface area contributed by atoms with Gasteiger partial charge in [-0.05, 0) is 37.1 Å². The van der Waals surface area contributed by atoms with Gasteiger partial charge in [0.2, 0.25) is 0 Å². The molecule has 1 aliphatic rings. The number of carbonyl (C=O) groups is 2. The quantitative estimate of drug-likeness (QED) is 0.771. The Kier molecular flexibility index (Phi) is 3.77. The Morgan fingerprint density at radius 3 is 2.22 bits per heavy atom. The summed E-state index contributed by atoms with van der Waals surface area (Å²) in [5.41, 5.74) is 1.13. The van der Waals surface area contributed by atoms with Crippen LogP contribution in [0.5, 0.6) is 0 Å². The lowest BCUT2D eigenvalue weighted by Crippen LogP contribution is -2.26. The highest BCUT2D eigenvalue weighted by atomic mass is 16.2. The second-order valence-electron chi connectivity index (χ2n) is 4.32. The molecule has 1 fully saturated rings. The molecule has 1 aliphatic carbocycles.